The van der Waals surface area contributed by atoms with Gasteiger partial charge in [0.25, 0.3) is 0 Å². The Bertz CT molecular complexity index is 357. The van der Waals surface area contributed by atoms with Crippen LogP contribution < -0.4 is 5.73 Å². The van der Waals surface area contributed by atoms with Gasteiger partial charge in [-0.1, -0.05) is 0 Å². The van der Waals surface area contributed by atoms with Gasteiger partial charge in [0.1, 0.15) is 5.82 Å². The maximum Gasteiger partial charge on any atom is 0.125 e. The van der Waals surface area contributed by atoms with E-state index in [1.54, 1.807) is 7.11 Å². The lowest BCUT2D eigenvalue weighted by Crippen LogP contribution is -2.04. The van der Waals surface area contributed by atoms with Gasteiger partial charge in [0.15, 0.2) is 0 Å². The summed E-state index contributed by atoms with van der Waals surface area (Å²) in [7, 11) is 0.416. The fraction of sp³-hybridized carbons (Fsp3) is 0.400. The first kappa shape index (κ1) is 12.1. The van der Waals surface area contributed by atoms with Crippen LogP contribution in [0.5, 0.6) is 0 Å². The maximum atomic E-state index is 12.7. The molecule has 0 bridgehead atoms. The average molecular weight is 231 g/mol. The van der Waals surface area contributed by atoms with Crippen molar-refractivity contribution in [1.82, 2.24) is 0 Å². The van der Waals surface area contributed by atoms with Crippen LogP contribution in [0, 0.1) is 5.82 Å². The normalized spacial score (nSPS) is 12.7. The van der Waals surface area contributed by atoms with Crippen molar-refractivity contribution in [3.8, 4) is 0 Å². The SMILES string of the molecule is COCCCS(=O)c1ccc(F)cc1N. The average Bonchev–Trinajstić information content (AvgIpc) is 2.17. The van der Waals surface area contributed by atoms with Gasteiger partial charge in [-0.3, -0.25) is 4.21 Å². The van der Waals surface area contributed by atoms with Crippen LogP contribution in [-0.4, -0.2) is 23.7 Å². The van der Waals surface area contributed by atoms with Crippen LogP contribution in [0.15, 0.2) is 23.1 Å². The number of nitrogens with two attached hydrogens (primary N) is 1. The molecule has 0 aliphatic carbocycles. The molecule has 1 aromatic carbocycles. The Labute approximate surface area is 90.9 Å². The molecule has 0 aromatic heterocycles. The quantitative estimate of drug-likeness (QED) is 0.618. The van der Waals surface area contributed by atoms with Gasteiger partial charge in [-0.05, 0) is 24.6 Å². The molecule has 84 valence electrons. The molecule has 0 spiro atoms. The minimum absolute atomic E-state index is 0.241. The Morgan fingerprint density at radius 3 is 2.87 bits per heavy atom. The number of hydrogen-bond donors (Lipinski definition) is 1. The molecule has 0 saturated carbocycles. The summed E-state index contributed by atoms with van der Waals surface area (Å²) < 4.78 is 29.3. The predicted molar refractivity (Wildman–Crippen MR) is 58.6 cm³/mol. The Morgan fingerprint density at radius 2 is 2.27 bits per heavy atom. The fourth-order valence-corrected chi connectivity index (χ4v) is 2.31. The number of methoxy groups -OCH3 is 1. The zero-order chi connectivity index (χ0) is 11.3. The zero-order valence-corrected chi connectivity index (χ0v) is 9.35. The van der Waals surface area contributed by atoms with Gasteiger partial charge in [-0.2, -0.15) is 0 Å². The summed E-state index contributed by atoms with van der Waals surface area (Å²) in [5.41, 5.74) is 5.80. The monoisotopic (exact) mass is 231 g/mol. The lowest BCUT2D eigenvalue weighted by atomic mass is 10.3. The predicted octanol–water partition coefficient (Wildman–Crippen LogP) is 1.55. The van der Waals surface area contributed by atoms with E-state index in [0.717, 1.165) is 0 Å². The lowest BCUT2D eigenvalue weighted by molar-refractivity contribution is 0.200. The summed E-state index contributed by atoms with van der Waals surface area (Å²) in [6, 6.07) is 3.91. The first-order valence-electron chi connectivity index (χ1n) is 4.57. The van der Waals surface area contributed by atoms with E-state index < -0.39 is 16.6 Å². The largest absolute Gasteiger partial charge is 0.398 e. The first-order valence-corrected chi connectivity index (χ1v) is 5.89. The second-order valence-electron chi connectivity index (χ2n) is 3.08. The summed E-state index contributed by atoms with van der Waals surface area (Å²) in [4.78, 5) is 0.493. The van der Waals surface area contributed by atoms with Crippen molar-refractivity contribution in [3.63, 3.8) is 0 Å². The van der Waals surface area contributed by atoms with E-state index in [1.807, 2.05) is 0 Å². The van der Waals surface area contributed by atoms with E-state index >= 15 is 0 Å². The summed E-state index contributed by atoms with van der Waals surface area (Å²) in [5, 5.41) is 0. The van der Waals surface area contributed by atoms with E-state index in [-0.39, 0.29) is 5.69 Å². The van der Waals surface area contributed by atoms with Crippen molar-refractivity contribution in [1.29, 1.82) is 0 Å². The molecule has 3 nitrogen and oxygen atoms in total. The highest BCUT2D eigenvalue weighted by Gasteiger charge is 2.08. The molecule has 0 heterocycles. The highest BCUT2D eigenvalue weighted by Crippen LogP contribution is 2.18. The fourth-order valence-electron chi connectivity index (χ4n) is 1.17. The highest BCUT2D eigenvalue weighted by molar-refractivity contribution is 7.85. The molecular formula is C10H14FNO2S. The third-order valence-corrected chi connectivity index (χ3v) is 3.42. The maximum absolute atomic E-state index is 12.7. The van der Waals surface area contributed by atoms with Gasteiger partial charge in [0.2, 0.25) is 0 Å². The molecule has 0 radical (unpaired) electrons. The molecular weight excluding hydrogens is 217 g/mol. The van der Waals surface area contributed by atoms with Crippen LogP contribution in [0.25, 0.3) is 0 Å². The molecule has 0 aliphatic rings. The highest BCUT2D eigenvalue weighted by atomic mass is 32.2. The van der Waals surface area contributed by atoms with Gasteiger partial charge in [0.05, 0.1) is 21.4 Å². The van der Waals surface area contributed by atoms with E-state index in [2.05, 4.69) is 0 Å². The Balaban J connectivity index is 2.65. The van der Waals surface area contributed by atoms with E-state index in [9.17, 15) is 8.60 Å². The second kappa shape index (κ2) is 5.82. The van der Waals surface area contributed by atoms with Crippen molar-refractivity contribution in [3.05, 3.63) is 24.0 Å². The molecule has 1 aromatic rings. The van der Waals surface area contributed by atoms with Gasteiger partial charge in [-0.25, -0.2) is 4.39 Å². The standard InChI is InChI=1S/C10H14FNO2S/c1-14-5-2-6-15(13)10-4-3-8(11)7-9(10)12/h3-4,7H,2,5-6,12H2,1H3. The summed E-state index contributed by atoms with van der Waals surface area (Å²) in [6.07, 6.45) is 0.694. The van der Waals surface area contributed by atoms with Crippen molar-refractivity contribution in [2.24, 2.45) is 0 Å². The van der Waals surface area contributed by atoms with Crippen LogP contribution in [0.4, 0.5) is 10.1 Å². The van der Waals surface area contributed by atoms with Crippen molar-refractivity contribution in [2.45, 2.75) is 11.3 Å². The Hall–Kier alpha value is -0.940. The number of ether oxygens (including phenoxy) is 1. The number of rotatable bonds is 5. The van der Waals surface area contributed by atoms with Crippen molar-refractivity contribution < 1.29 is 13.3 Å². The van der Waals surface area contributed by atoms with E-state index in [1.165, 1.54) is 18.2 Å². The van der Waals surface area contributed by atoms with Crippen LogP contribution in [-0.2, 0) is 15.5 Å². The first-order chi connectivity index (χ1) is 7.15. The second-order valence-corrected chi connectivity index (χ2v) is 4.62. The number of hydrogen-bond acceptors (Lipinski definition) is 3. The number of nitrogen functional groups attached to an aromatic ring is 1. The Morgan fingerprint density at radius 1 is 1.53 bits per heavy atom. The van der Waals surface area contributed by atoms with Crippen LogP contribution >= 0.6 is 0 Å². The number of anilines is 1. The Kier molecular flexibility index (Phi) is 4.71. The number of benzene rings is 1. The molecule has 2 N–H and O–H groups in total. The summed E-state index contributed by atoms with van der Waals surface area (Å²) in [5.74, 6) is 0.0640. The minimum atomic E-state index is -1.18. The third-order valence-electron chi connectivity index (χ3n) is 1.90. The molecule has 0 fully saturated rings. The van der Waals surface area contributed by atoms with E-state index in [4.69, 9.17) is 10.5 Å². The molecule has 1 rings (SSSR count). The van der Waals surface area contributed by atoms with Gasteiger partial charge in [-0.15, -0.1) is 0 Å². The lowest BCUT2D eigenvalue weighted by Gasteiger charge is -2.05. The topological polar surface area (TPSA) is 52.3 Å². The van der Waals surface area contributed by atoms with Crippen molar-refractivity contribution >= 4 is 16.5 Å². The molecule has 1 atom stereocenters. The third kappa shape index (κ3) is 3.60. The van der Waals surface area contributed by atoms with Crippen LogP contribution in [0.2, 0.25) is 0 Å². The van der Waals surface area contributed by atoms with Crippen LogP contribution in [0.3, 0.4) is 0 Å². The molecule has 0 saturated heterocycles. The minimum Gasteiger partial charge on any atom is -0.398 e. The molecule has 1 unspecified atom stereocenters. The molecule has 0 amide bonds. The number of halogens is 1. The molecule has 5 heteroatoms. The zero-order valence-electron chi connectivity index (χ0n) is 8.53. The van der Waals surface area contributed by atoms with E-state index in [0.29, 0.717) is 23.7 Å². The van der Waals surface area contributed by atoms with Crippen molar-refractivity contribution in [2.75, 3.05) is 25.2 Å². The molecule has 0 aliphatic heterocycles. The van der Waals surface area contributed by atoms with Gasteiger partial charge < -0.3 is 10.5 Å². The van der Waals surface area contributed by atoms with Gasteiger partial charge in [0, 0.05) is 19.5 Å². The van der Waals surface area contributed by atoms with Gasteiger partial charge >= 0.3 is 0 Å². The van der Waals surface area contributed by atoms with Crippen LogP contribution in [0.1, 0.15) is 6.42 Å². The summed E-state index contributed by atoms with van der Waals surface area (Å²) >= 11 is 0. The molecule has 15 heavy (non-hydrogen) atoms. The summed E-state index contributed by atoms with van der Waals surface area (Å²) in [6.45, 7) is 0.562. The smallest absolute Gasteiger partial charge is 0.125 e.